The lowest BCUT2D eigenvalue weighted by Gasteiger charge is -2.28. The van der Waals surface area contributed by atoms with E-state index in [4.69, 9.17) is 5.73 Å². The van der Waals surface area contributed by atoms with Crippen LogP contribution in [-0.2, 0) is 11.2 Å². The van der Waals surface area contributed by atoms with E-state index >= 15 is 0 Å². The van der Waals surface area contributed by atoms with Gasteiger partial charge in [-0.15, -0.1) is 0 Å². The van der Waals surface area contributed by atoms with Gasteiger partial charge in [-0.1, -0.05) is 32.4 Å². The number of rotatable bonds is 8. The largest absolute Gasteiger partial charge is 0.399 e. The van der Waals surface area contributed by atoms with Gasteiger partial charge in [0.1, 0.15) is 0 Å². The van der Waals surface area contributed by atoms with E-state index < -0.39 is 0 Å². The van der Waals surface area contributed by atoms with Crippen LogP contribution in [0.2, 0.25) is 0 Å². The van der Waals surface area contributed by atoms with E-state index in [0.717, 1.165) is 37.9 Å². The topological polar surface area (TPSA) is 46.3 Å². The molecule has 0 radical (unpaired) electrons. The number of aryl methyl sites for hydroxylation is 1. The molecule has 1 aromatic rings. The molecule has 0 heterocycles. The highest BCUT2D eigenvalue weighted by Gasteiger charge is 2.17. The normalized spacial score (nSPS) is 12.2. The highest BCUT2D eigenvalue weighted by Crippen LogP contribution is 2.12. The van der Waals surface area contributed by atoms with E-state index in [1.54, 1.807) is 0 Å². The third-order valence-electron chi connectivity index (χ3n) is 3.80. The summed E-state index contributed by atoms with van der Waals surface area (Å²) in [5.74, 6) is 0.268. The first kappa shape index (κ1) is 16.5. The van der Waals surface area contributed by atoms with Gasteiger partial charge in [-0.2, -0.15) is 0 Å². The van der Waals surface area contributed by atoms with Gasteiger partial charge in [0.15, 0.2) is 0 Å². The number of hydrogen-bond acceptors (Lipinski definition) is 2. The van der Waals surface area contributed by atoms with Gasteiger partial charge in [-0.3, -0.25) is 4.79 Å². The number of amides is 1. The molecular formula is C17H28N2O. The monoisotopic (exact) mass is 276 g/mol. The van der Waals surface area contributed by atoms with Crippen LogP contribution in [0.15, 0.2) is 24.3 Å². The molecule has 0 saturated heterocycles. The summed E-state index contributed by atoms with van der Waals surface area (Å²) in [4.78, 5) is 14.4. The second-order valence-corrected chi connectivity index (χ2v) is 5.44. The third-order valence-corrected chi connectivity index (χ3v) is 3.80. The standard InChI is InChI=1S/C17H28N2O/c1-4-6-13-19(14(3)5-2)17(20)12-9-15-7-10-16(18)11-8-15/h7-8,10-11,14H,4-6,9,12-13,18H2,1-3H3. The number of nitrogens with two attached hydrogens (primary N) is 1. The molecule has 1 atom stereocenters. The van der Waals surface area contributed by atoms with E-state index in [9.17, 15) is 4.79 Å². The Bertz CT molecular complexity index is 400. The Morgan fingerprint density at radius 2 is 1.90 bits per heavy atom. The van der Waals surface area contributed by atoms with Crippen molar-refractivity contribution in [2.45, 2.75) is 58.9 Å². The predicted molar refractivity (Wildman–Crippen MR) is 85.5 cm³/mol. The van der Waals surface area contributed by atoms with Crippen molar-refractivity contribution in [1.29, 1.82) is 0 Å². The molecule has 0 aromatic heterocycles. The van der Waals surface area contributed by atoms with Crippen LogP contribution in [0.1, 0.15) is 52.0 Å². The summed E-state index contributed by atoms with van der Waals surface area (Å²) in [6.45, 7) is 7.31. The number of carbonyl (C=O) groups excluding carboxylic acids is 1. The fraction of sp³-hybridized carbons (Fsp3) is 0.588. The van der Waals surface area contributed by atoms with Gasteiger partial charge in [0.2, 0.25) is 5.91 Å². The SMILES string of the molecule is CCCCN(C(=O)CCc1ccc(N)cc1)C(C)CC. The quantitative estimate of drug-likeness (QED) is 0.737. The molecule has 0 bridgehead atoms. The molecule has 1 amide bonds. The summed E-state index contributed by atoms with van der Waals surface area (Å²) in [5, 5.41) is 0. The minimum atomic E-state index is 0.268. The molecule has 0 aliphatic rings. The van der Waals surface area contributed by atoms with Crippen LogP contribution >= 0.6 is 0 Å². The van der Waals surface area contributed by atoms with Crippen molar-refractivity contribution in [1.82, 2.24) is 4.90 Å². The first-order valence-corrected chi connectivity index (χ1v) is 7.72. The highest BCUT2D eigenvalue weighted by molar-refractivity contribution is 5.76. The summed E-state index contributed by atoms with van der Waals surface area (Å²) in [7, 11) is 0. The molecule has 112 valence electrons. The number of carbonyl (C=O) groups is 1. The Labute approximate surface area is 123 Å². The predicted octanol–water partition coefficient (Wildman–Crippen LogP) is 3.63. The molecule has 1 unspecified atom stereocenters. The summed E-state index contributed by atoms with van der Waals surface area (Å²) in [5.41, 5.74) is 7.61. The Morgan fingerprint density at radius 3 is 2.45 bits per heavy atom. The third kappa shape index (κ3) is 5.24. The van der Waals surface area contributed by atoms with E-state index in [2.05, 4.69) is 20.8 Å². The van der Waals surface area contributed by atoms with Gasteiger partial charge >= 0.3 is 0 Å². The maximum Gasteiger partial charge on any atom is 0.223 e. The van der Waals surface area contributed by atoms with Crippen molar-refractivity contribution in [3.63, 3.8) is 0 Å². The van der Waals surface area contributed by atoms with Crippen LogP contribution in [0, 0.1) is 0 Å². The van der Waals surface area contributed by atoms with Crippen molar-refractivity contribution < 1.29 is 4.79 Å². The van der Waals surface area contributed by atoms with Gasteiger partial charge in [-0.05, 0) is 43.9 Å². The number of benzene rings is 1. The molecule has 0 fully saturated rings. The van der Waals surface area contributed by atoms with Crippen molar-refractivity contribution in [3.05, 3.63) is 29.8 Å². The molecular weight excluding hydrogens is 248 g/mol. The Morgan fingerprint density at radius 1 is 1.25 bits per heavy atom. The number of hydrogen-bond donors (Lipinski definition) is 1. The first-order chi connectivity index (χ1) is 9.58. The van der Waals surface area contributed by atoms with E-state index in [1.165, 1.54) is 5.56 Å². The molecule has 1 rings (SSSR count). The maximum atomic E-state index is 12.4. The first-order valence-electron chi connectivity index (χ1n) is 7.72. The zero-order valence-electron chi connectivity index (χ0n) is 13.1. The second-order valence-electron chi connectivity index (χ2n) is 5.44. The van der Waals surface area contributed by atoms with E-state index in [1.807, 2.05) is 29.2 Å². The van der Waals surface area contributed by atoms with Gasteiger partial charge in [-0.25, -0.2) is 0 Å². The zero-order chi connectivity index (χ0) is 15.0. The lowest BCUT2D eigenvalue weighted by atomic mass is 10.1. The van der Waals surface area contributed by atoms with Gasteiger partial charge in [0.25, 0.3) is 0 Å². The van der Waals surface area contributed by atoms with E-state index in [-0.39, 0.29) is 5.91 Å². The molecule has 0 spiro atoms. The average Bonchev–Trinajstić information content (AvgIpc) is 2.46. The molecule has 20 heavy (non-hydrogen) atoms. The average molecular weight is 276 g/mol. The molecule has 0 aliphatic heterocycles. The molecule has 2 N–H and O–H groups in total. The van der Waals surface area contributed by atoms with Crippen molar-refractivity contribution in [2.24, 2.45) is 0 Å². The van der Waals surface area contributed by atoms with Crippen LogP contribution in [0.25, 0.3) is 0 Å². The molecule has 3 heteroatoms. The highest BCUT2D eigenvalue weighted by atomic mass is 16.2. The minimum absolute atomic E-state index is 0.268. The molecule has 0 saturated carbocycles. The number of nitrogen functional groups attached to an aromatic ring is 1. The maximum absolute atomic E-state index is 12.4. The van der Waals surface area contributed by atoms with Crippen LogP contribution in [0.3, 0.4) is 0 Å². The number of anilines is 1. The number of unbranched alkanes of at least 4 members (excludes halogenated alkanes) is 1. The molecule has 3 nitrogen and oxygen atoms in total. The Hall–Kier alpha value is -1.51. The van der Waals surface area contributed by atoms with Crippen LogP contribution in [-0.4, -0.2) is 23.4 Å². The molecule has 1 aromatic carbocycles. The zero-order valence-corrected chi connectivity index (χ0v) is 13.1. The molecule has 0 aliphatic carbocycles. The van der Waals surface area contributed by atoms with Gasteiger partial charge in [0.05, 0.1) is 0 Å². The van der Waals surface area contributed by atoms with Gasteiger partial charge < -0.3 is 10.6 Å². The lowest BCUT2D eigenvalue weighted by Crippen LogP contribution is -2.39. The van der Waals surface area contributed by atoms with E-state index in [0.29, 0.717) is 12.5 Å². The smallest absolute Gasteiger partial charge is 0.223 e. The Balaban J connectivity index is 2.54. The van der Waals surface area contributed by atoms with Crippen molar-refractivity contribution >= 4 is 11.6 Å². The summed E-state index contributed by atoms with van der Waals surface area (Å²) < 4.78 is 0. The Kier molecular flexibility index (Phi) is 7.13. The summed E-state index contributed by atoms with van der Waals surface area (Å²) >= 11 is 0. The van der Waals surface area contributed by atoms with Crippen molar-refractivity contribution in [3.8, 4) is 0 Å². The van der Waals surface area contributed by atoms with Crippen LogP contribution in [0.4, 0.5) is 5.69 Å². The number of nitrogens with zero attached hydrogens (tertiary/aromatic N) is 1. The van der Waals surface area contributed by atoms with Gasteiger partial charge in [0, 0.05) is 24.7 Å². The minimum Gasteiger partial charge on any atom is -0.399 e. The van der Waals surface area contributed by atoms with Crippen LogP contribution in [0.5, 0.6) is 0 Å². The van der Waals surface area contributed by atoms with Crippen LogP contribution < -0.4 is 5.73 Å². The van der Waals surface area contributed by atoms with Crippen molar-refractivity contribution in [2.75, 3.05) is 12.3 Å². The fourth-order valence-electron chi connectivity index (χ4n) is 2.22. The second kappa shape index (κ2) is 8.62. The summed E-state index contributed by atoms with van der Waals surface area (Å²) in [6, 6.07) is 8.12. The summed E-state index contributed by atoms with van der Waals surface area (Å²) in [6.07, 6.45) is 4.59. The lowest BCUT2D eigenvalue weighted by molar-refractivity contribution is -0.133. The fourth-order valence-corrected chi connectivity index (χ4v) is 2.22.